The lowest BCUT2D eigenvalue weighted by atomic mass is 9.96. The second-order valence-corrected chi connectivity index (χ2v) is 10.9. The summed E-state index contributed by atoms with van der Waals surface area (Å²) < 4.78 is 44.4. The van der Waals surface area contributed by atoms with Crippen molar-refractivity contribution < 1.29 is 32.2 Å². The van der Waals surface area contributed by atoms with Crippen molar-refractivity contribution in [3.63, 3.8) is 0 Å². The molecule has 39 heavy (non-hydrogen) atoms. The maximum atomic E-state index is 12.8. The van der Waals surface area contributed by atoms with E-state index in [-0.39, 0.29) is 23.4 Å². The van der Waals surface area contributed by atoms with Crippen LogP contribution in [-0.4, -0.2) is 40.1 Å². The van der Waals surface area contributed by atoms with Crippen LogP contribution in [0.3, 0.4) is 0 Å². The van der Waals surface area contributed by atoms with Gasteiger partial charge in [-0.2, -0.15) is 0 Å². The number of nitrogens with one attached hydrogen (secondary N) is 2. The first-order valence-corrected chi connectivity index (χ1v) is 14.2. The molecule has 0 spiro atoms. The number of sulfonamides is 1. The van der Waals surface area contributed by atoms with Crippen molar-refractivity contribution in [3.05, 3.63) is 77.9 Å². The normalized spacial score (nSPS) is 13.7. The largest absolute Gasteiger partial charge is 0.494 e. The topological polar surface area (TPSA) is 120 Å². The zero-order valence-electron chi connectivity index (χ0n) is 22.2. The number of anilines is 2. The van der Waals surface area contributed by atoms with Crippen molar-refractivity contribution in [3.8, 4) is 11.5 Å². The van der Waals surface area contributed by atoms with Gasteiger partial charge >= 0.3 is 5.97 Å². The van der Waals surface area contributed by atoms with Crippen molar-refractivity contribution >= 4 is 33.3 Å². The summed E-state index contributed by atoms with van der Waals surface area (Å²) in [5.74, 6) is 0.462. The number of esters is 1. The average molecular weight is 553 g/mol. The summed E-state index contributed by atoms with van der Waals surface area (Å²) in [4.78, 5) is 24.8. The third-order valence-corrected chi connectivity index (χ3v) is 7.75. The lowest BCUT2D eigenvalue weighted by molar-refractivity contribution is -0.146. The van der Waals surface area contributed by atoms with Crippen molar-refractivity contribution in [1.82, 2.24) is 0 Å². The van der Waals surface area contributed by atoms with Crippen LogP contribution >= 0.6 is 0 Å². The van der Waals surface area contributed by atoms with E-state index in [1.54, 1.807) is 50.2 Å². The molecule has 4 rings (SSSR count). The molecule has 3 aromatic carbocycles. The third kappa shape index (κ3) is 6.69. The first-order chi connectivity index (χ1) is 18.7. The van der Waals surface area contributed by atoms with Crippen LogP contribution in [0.4, 0.5) is 11.4 Å². The van der Waals surface area contributed by atoms with E-state index in [0.29, 0.717) is 41.7 Å². The summed E-state index contributed by atoms with van der Waals surface area (Å²) in [5.41, 5.74) is 1.86. The van der Waals surface area contributed by atoms with Crippen LogP contribution in [0.1, 0.15) is 37.8 Å². The Morgan fingerprint density at radius 3 is 2.13 bits per heavy atom. The summed E-state index contributed by atoms with van der Waals surface area (Å²) in [7, 11) is -3.82. The van der Waals surface area contributed by atoms with Gasteiger partial charge in [0.05, 0.1) is 23.5 Å². The van der Waals surface area contributed by atoms with Crippen LogP contribution in [0.2, 0.25) is 0 Å². The second kappa shape index (κ2) is 11.8. The lowest BCUT2D eigenvalue weighted by Gasteiger charge is -2.15. The minimum Gasteiger partial charge on any atom is -0.494 e. The number of carbonyl (C=O) groups excluding carboxylic acids is 2. The highest BCUT2D eigenvalue weighted by molar-refractivity contribution is 7.92. The Morgan fingerprint density at radius 2 is 1.54 bits per heavy atom. The molecular formula is C29H32N2O7S. The van der Waals surface area contributed by atoms with E-state index in [9.17, 15) is 18.0 Å². The lowest BCUT2D eigenvalue weighted by Crippen LogP contribution is -2.23. The van der Waals surface area contributed by atoms with E-state index in [4.69, 9.17) is 14.2 Å². The van der Waals surface area contributed by atoms with Gasteiger partial charge in [-0.3, -0.25) is 14.3 Å². The summed E-state index contributed by atoms with van der Waals surface area (Å²) in [5, 5.41) is 2.76. The predicted octanol–water partition coefficient (Wildman–Crippen LogP) is 4.81. The Balaban J connectivity index is 1.32. The first-order valence-electron chi connectivity index (χ1n) is 12.7. The molecule has 1 amide bonds. The van der Waals surface area contributed by atoms with Crippen molar-refractivity contribution in [2.75, 3.05) is 29.9 Å². The molecule has 0 bridgehead atoms. The molecule has 2 N–H and O–H groups in total. The van der Waals surface area contributed by atoms with Gasteiger partial charge in [-0.05, 0) is 99.3 Å². The predicted molar refractivity (Wildman–Crippen MR) is 148 cm³/mol. The number of hydrogen-bond acceptors (Lipinski definition) is 7. The first kappa shape index (κ1) is 28.0. The fraction of sp³-hybridized carbons (Fsp3) is 0.310. The molecule has 1 aliphatic rings. The van der Waals surface area contributed by atoms with Crippen LogP contribution < -0.4 is 19.5 Å². The molecule has 1 fully saturated rings. The molecule has 10 heteroatoms. The maximum Gasteiger partial charge on any atom is 0.316 e. The number of amides is 1. The highest BCUT2D eigenvalue weighted by atomic mass is 32.2. The standard InChI is InChI=1S/C29H32N2O7S/c1-4-36-24-12-10-23(11-13-24)31-39(34,35)25-14-15-26(20(3)18-25)38-19-27(32)30-22-8-6-21(7-9-22)29(16-17-29)28(33)37-5-2/h6-15,18,31H,4-5,16-17,19H2,1-3H3,(H,30,32). The number of hydrogen-bond donors (Lipinski definition) is 2. The zero-order valence-corrected chi connectivity index (χ0v) is 23.0. The second-order valence-electron chi connectivity index (χ2n) is 9.21. The van der Waals surface area contributed by atoms with E-state index < -0.39 is 15.4 Å². The van der Waals surface area contributed by atoms with Gasteiger partial charge in [0.25, 0.3) is 15.9 Å². The molecule has 0 saturated heterocycles. The molecule has 0 radical (unpaired) electrons. The average Bonchev–Trinajstić information content (AvgIpc) is 3.72. The minimum absolute atomic E-state index is 0.0713. The molecule has 206 valence electrons. The molecule has 3 aromatic rings. The molecular weight excluding hydrogens is 520 g/mol. The van der Waals surface area contributed by atoms with Gasteiger partial charge in [0, 0.05) is 11.4 Å². The minimum atomic E-state index is -3.82. The molecule has 0 heterocycles. The van der Waals surface area contributed by atoms with E-state index in [0.717, 1.165) is 18.4 Å². The molecule has 0 unspecified atom stereocenters. The van der Waals surface area contributed by atoms with Gasteiger partial charge in [0.2, 0.25) is 0 Å². The van der Waals surface area contributed by atoms with Crippen LogP contribution in [0, 0.1) is 6.92 Å². The Hall–Kier alpha value is -4.05. The van der Waals surface area contributed by atoms with E-state index in [1.807, 2.05) is 19.1 Å². The van der Waals surface area contributed by atoms with E-state index >= 15 is 0 Å². The SMILES string of the molecule is CCOC(=O)C1(c2ccc(NC(=O)COc3ccc(S(=O)(=O)Nc4ccc(OCC)cc4)cc3C)cc2)CC1. The third-order valence-electron chi connectivity index (χ3n) is 6.37. The molecule has 9 nitrogen and oxygen atoms in total. The number of benzene rings is 3. The fourth-order valence-corrected chi connectivity index (χ4v) is 5.31. The summed E-state index contributed by atoms with van der Waals surface area (Å²) in [6.45, 7) is 5.97. The van der Waals surface area contributed by atoms with Gasteiger partial charge in [0.1, 0.15) is 11.5 Å². The molecule has 0 atom stereocenters. The van der Waals surface area contributed by atoms with Gasteiger partial charge in [-0.25, -0.2) is 8.42 Å². The number of rotatable bonds is 12. The zero-order chi connectivity index (χ0) is 28.0. The summed E-state index contributed by atoms with van der Waals surface area (Å²) in [6.07, 6.45) is 1.50. The van der Waals surface area contributed by atoms with Gasteiger partial charge < -0.3 is 19.5 Å². The quantitative estimate of drug-likeness (QED) is 0.310. The van der Waals surface area contributed by atoms with E-state index in [1.165, 1.54) is 18.2 Å². The molecule has 0 aliphatic heterocycles. The maximum absolute atomic E-state index is 12.8. The summed E-state index contributed by atoms with van der Waals surface area (Å²) >= 11 is 0. The highest BCUT2D eigenvalue weighted by Crippen LogP contribution is 2.49. The van der Waals surface area contributed by atoms with Gasteiger partial charge in [0.15, 0.2) is 6.61 Å². The van der Waals surface area contributed by atoms with E-state index in [2.05, 4.69) is 10.0 Å². The Morgan fingerprint density at radius 1 is 0.872 bits per heavy atom. The Bertz CT molecular complexity index is 1430. The molecule has 1 saturated carbocycles. The number of ether oxygens (including phenoxy) is 3. The van der Waals surface area contributed by atoms with Crippen LogP contribution in [0.5, 0.6) is 11.5 Å². The van der Waals surface area contributed by atoms with Crippen LogP contribution in [0.25, 0.3) is 0 Å². The Kier molecular flexibility index (Phi) is 8.44. The smallest absolute Gasteiger partial charge is 0.316 e. The molecule has 0 aromatic heterocycles. The number of aryl methyl sites for hydroxylation is 1. The fourth-order valence-electron chi connectivity index (χ4n) is 4.17. The summed E-state index contributed by atoms with van der Waals surface area (Å²) in [6, 6.07) is 18.2. The van der Waals surface area contributed by atoms with Gasteiger partial charge in [-0.1, -0.05) is 12.1 Å². The molecule has 1 aliphatic carbocycles. The monoisotopic (exact) mass is 552 g/mol. The number of carbonyl (C=O) groups is 2. The van der Waals surface area contributed by atoms with Crippen LogP contribution in [-0.2, 0) is 29.8 Å². The van der Waals surface area contributed by atoms with Crippen LogP contribution in [0.15, 0.2) is 71.6 Å². The van der Waals surface area contributed by atoms with Gasteiger partial charge in [-0.15, -0.1) is 0 Å². The van der Waals surface area contributed by atoms with Crippen molar-refractivity contribution in [1.29, 1.82) is 0 Å². The van der Waals surface area contributed by atoms with Crippen molar-refractivity contribution in [2.24, 2.45) is 0 Å². The Labute approximate surface area is 228 Å². The van der Waals surface area contributed by atoms with Crippen molar-refractivity contribution in [2.45, 2.75) is 43.9 Å². The highest BCUT2D eigenvalue weighted by Gasteiger charge is 2.52.